The van der Waals surface area contributed by atoms with Gasteiger partial charge >= 0.3 is 0 Å². The third kappa shape index (κ3) is 3.61. The molecule has 0 spiro atoms. The summed E-state index contributed by atoms with van der Waals surface area (Å²) >= 11 is 0. The van der Waals surface area contributed by atoms with Gasteiger partial charge in [0.1, 0.15) is 11.6 Å². The van der Waals surface area contributed by atoms with Crippen LogP contribution in [-0.2, 0) is 0 Å². The molecule has 0 radical (unpaired) electrons. The summed E-state index contributed by atoms with van der Waals surface area (Å²) in [6.07, 6.45) is 0.828. The molecule has 0 bridgehead atoms. The van der Waals surface area contributed by atoms with Crippen molar-refractivity contribution in [2.45, 2.75) is 20.3 Å². The first-order valence-corrected chi connectivity index (χ1v) is 5.24. The number of rotatable bonds is 4. The Labute approximate surface area is 93.7 Å². The van der Waals surface area contributed by atoms with Gasteiger partial charge in [0, 0.05) is 12.6 Å². The van der Waals surface area contributed by atoms with Gasteiger partial charge in [0.2, 0.25) is 0 Å². The van der Waals surface area contributed by atoms with Crippen LogP contribution < -0.4 is 5.32 Å². The minimum absolute atomic E-state index is 0.120. The van der Waals surface area contributed by atoms with E-state index in [1.54, 1.807) is 0 Å². The van der Waals surface area contributed by atoms with E-state index in [0.29, 0.717) is 18.5 Å². The van der Waals surface area contributed by atoms with E-state index in [4.69, 9.17) is 0 Å². The van der Waals surface area contributed by atoms with Crippen LogP contribution in [0.2, 0.25) is 0 Å². The van der Waals surface area contributed by atoms with E-state index in [-0.39, 0.29) is 5.56 Å². The second kappa shape index (κ2) is 5.58. The standard InChI is InChI=1S/C12H15F2NO/c1-8(2)5-6-15-12(16)10-4-3-9(13)7-11(10)14/h3-4,7-8H,5-6H2,1-2H3,(H,15,16). The summed E-state index contributed by atoms with van der Waals surface area (Å²) in [5.74, 6) is -1.55. The molecular weight excluding hydrogens is 212 g/mol. The zero-order valence-electron chi connectivity index (χ0n) is 9.39. The van der Waals surface area contributed by atoms with Crippen LogP contribution in [0.5, 0.6) is 0 Å². The molecular formula is C12H15F2NO. The Morgan fingerprint density at radius 1 is 1.38 bits per heavy atom. The number of benzene rings is 1. The van der Waals surface area contributed by atoms with Crippen molar-refractivity contribution in [1.82, 2.24) is 5.32 Å². The number of hydrogen-bond donors (Lipinski definition) is 1. The van der Waals surface area contributed by atoms with Crippen molar-refractivity contribution >= 4 is 5.91 Å². The lowest BCUT2D eigenvalue weighted by Crippen LogP contribution is -2.26. The van der Waals surface area contributed by atoms with E-state index in [2.05, 4.69) is 5.32 Å². The summed E-state index contributed by atoms with van der Waals surface area (Å²) in [6, 6.07) is 2.92. The smallest absolute Gasteiger partial charge is 0.254 e. The number of carbonyl (C=O) groups is 1. The summed E-state index contributed by atoms with van der Waals surface area (Å²) in [5, 5.41) is 2.59. The Bertz CT molecular complexity index is 377. The highest BCUT2D eigenvalue weighted by Crippen LogP contribution is 2.09. The van der Waals surface area contributed by atoms with E-state index >= 15 is 0 Å². The van der Waals surface area contributed by atoms with Crippen LogP contribution in [-0.4, -0.2) is 12.5 Å². The van der Waals surface area contributed by atoms with Crippen molar-refractivity contribution in [3.8, 4) is 0 Å². The minimum atomic E-state index is -0.831. The van der Waals surface area contributed by atoms with E-state index in [1.165, 1.54) is 0 Å². The Morgan fingerprint density at radius 3 is 2.62 bits per heavy atom. The van der Waals surface area contributed by atoms with Crippen LogP contribution >= 0.6 is 0 Å². The molecule has 0 heterocycles. The lowest BCUT2D eigenvalue weighted by molar-refractivity contribution is 0.0948. The third-order valence-corrected chi connectivity index (χ3v) is 2.18. The van der Waals surface area contributed by atoms with Gasteiger partial charge in [0.05, 0.1) is 5.56 Å². The lowest BCUT2D eigenvalue weighted by Gasteiger charge is -2.07. The quantitative estimate of drug-likeness (QED) is 0.841. The molecule has 1 aromatic carbocycles. The molecule has 0 saturated carbocycles. The van der Waals surface area contributed by atoms with Crippen molar-refractivity contribution in [3.63, 3.8) is 0 Å². The van der Waals surface area contributed by atoms with Gasteiger partial charge in [0.15, 0.2) is 0 Å². The fourth-order valence-corrected chi connectivity index (χ4v) is 1.24. The van der Waals surface area contributed by atoms with E-state index in [0.717, 1.165) is 18.6 Å². The lowest BCUT2D eigenvalue weighted by atomic mass is 10.1. The zero-order chi connectivity index (χ0) is 12.1. The Hall–Kier alpha value is -1.45. The second-order valence-corrected chi connectivity index (χ2v) is 4.06. The molecule has 1 N–H and O–H groups in total. The van der Waals surface area contributed by atoms with Gasteiger partial charge in [-0.2, -0.15) is 0 Å². The van der Waals surface area contributed by atoms with Crippen LogP contribution in [0, 0.1) is 17.6 Å². The third-order valence-electron chi connectivity index (χ3n) is 2.18. The van der Waals surface area contributed by atoms with E-state index < -0.39 is 17.5 Å². The molecule has 1 rings (SSSR count). The number of carbonyl (C=O) groups excluding carboxylic acids is 1. The summed E-state index contributed by atoms with van der Waals surface area (Å²) in [5.41, 5.74) is -0.120. The topological polar surface area (TPSA) is 29.1 Å². The number of hydrogen-bond acceptors (Lipinski definition) is 1. The first kappa shape index (κ1) is 12.6. The van der Waals surface area contributed by atoms with Crippen LogP contribution in [0.25, 0.3) is 0 Å². The Kier molecular flexibility index (Phi) is 4.40. The van der Waals surface area contributed by atoms with Gasteiger partial charge < -0.3 is 5.32 Å². The highest BCUT2D eigenvalue weighted by atomic mass is 19.1. The molecule has 0 unspecified atom stereocenters. The summed E-state index contributed by atoms with van der Waals surface area (Å²) in [6.45, 7) is 4.56. The number of amides is 1. The SMILES string of the molecule is CC(C)CCNC(=O)c1ccc(F)cc1F. The summed E-state index contributed by atoms with van der Waals surface area (Å²) < 4.78 is 25.8. The van der Waals surface area contributed by atoms with Crippen molar-refractivity contribution in [2.75, 3.05) is 6.54 Å². The predicted molar refractivity (Wildman–Crippen MR) is 58.1 cm³/mol. The highest BCUT2D eigenvalue weighted by Gasteiger charge is 2.11. The average Bonchev–Trinajstić information content (AvgIpc) is 2.16. The van der Waals surface area contributed by atoms with Crippen LogP contribution in [0.1, 0.15) is 30.6 Å². The van der Waals surface area contributed by atoms with Crippen molar-refractivity contribution in [2.24, 2.45) is 5.92 Å². The molecule has 16 heavy (non-hydrogen) atoms. The fourth-order valence-electron chi connectivity index (χ4n) is 1.24. The number of nitrogens with one attached hydrogen (secondary N) is 1. The monoisotopic (exact) mass is 227 g/mol. The van der Waals surface area contributed by atoms with Gasteiger partial charge in [-0.3, -0.25) is 4.79 Å². The minimum Gasteiger partial charge on any atom is -0.352 e. The average molecular weight is 227 g/mol. The van der Waals surface area contributed by atoms with Gasteiger partial charge in [-0.05, 0) is 24.5 Å². The molecule has 0 aromatic heterocycles. The predicted octanol–water partition coefficient (Wildman–Crippen LogP) is 2.74. The molecule has 1 amide bonds. The summed E-state index contributed by atoms with van der Waals surface area (Å²) in [7, 11) is 0. The Morgan fingerprint density at radius 2 is 2.06 bits per heavy atom. The normalized spacial score (nSPS) is 10.6. The second-order valence-electron chi connectivity index (χ2n) is 4.06. The van der Waals surface area contributed by atoms with Crippen LogP contribution in [0.3, 0.4) is 0 Å². The maximum atomic E-state index is 13.2. The first-order chi connectivity index (χ1) is 7.50. The van der Waals surface area contributed by atoms with Crippen LogP contribution in [0.15, 0.2) is 18.2 Å². The molecule has 4 heteroatoms. The maximum Gasteiger partial charge on any atom is 0.254 e. The molecule has 0 aliphatic rings. The van der Waals surface area contributed by atoms with Gasteiger partial charge in [0.25, 0.3) is 5.91 Å². The van der Waals surface area contributed by atoms with Gasteiger partial charge in [-0.15, -0.1) is 0 Å². The van der Waals surface area contributed by atoms with Crippen molar-refractivity contribution in [3.05, 3.63) is 35.4 Å². The van der Waals surface area contributed by atoms with Crippen molar-refractivity contribution in [1.29, 1.82) is 0 Å². The van der Waals surface area contributed by atoms with Crippen LogP contribution in [0.4, 0.5) is 8.78 Å². The fraction of sp³-hybridized carbons (Fsp3) is 0.417. The maximum absolute atomic E-state index is 13.2. The molecule has 0 fully saturated rings. The molecule has 0 saturated heterocycles. The molecule has 0 aliphatic carbocycles. The van der Waals surface area contributed by atoms with Crippen molar-refractivity contribution < 1.29 is 13.6 Å². The largest absolute Gasteiger partial charge is 0.352 e. The molecule has 0 aliphatic heterocycles. The van der Waals surface area contributed by atoms with E-state index in [9.17, 15) is 13.6 Å². The van der Waals surface area contributed by atoms with Gasteiger partial charge in [-0.25, -0.2) is 8.78 Å². The highest BCUT2D eigenvalue weighted by molar-refractivity contribution is 5.94. The molecule has 88 valence electrons. The molecule has 1 aromatic rings. The number of halogens is 2. The summed E-state index contributed by atoms with van der Waals surface area (Å²) in [4.78, 5) is 11.5. The molecule has 0 atom stereocenters. The molecule has 2 nitrogen and oxygen atoms in total. The van der Waals surface area contributed by atoms with E-state index in [1.807, 2.05) is 13.8 Å². The Balaban J connectivity index is 2.59. The zero-order valence-corrected chi connectivity index (χ0v) is 9.39. The first-order valence-electron chi connectivity index (χ1n) is 5.24. The van der Waals surface area contributed by atoms with Gasteiger partial charge in [-0.1, -0.05) is 13.8 Å².